The van der Waals surface area contributed by atoms with Crippen LogP contribution >= 0.6 is 27.5 Å². The van der Waals surface area contributed by atoms with Gasteiger partial charge in [-0.05, 0) is 37.3 Å². The van der Waals surface area contributed by atoms with Crippen molar-refractivity contribution in [2.75, 3.05) is 13.2 Å². The molecule has 0 radical (unpaired) electrons. The van der Waals surface area contributed by atoms with Crippen molar-refractivity contribution in [3.63, 3.8) is 0 Å². The molecule has 2 aromatic carbocycles. The van der Waals surface area contributed by atoms with E-state index in [0.29, 0.717) is 5.75 Å². The highest BCUT2D eigenvalue weighted by atomic mass is 79.9. The number of aryl methyl sites for hydroxylation is 1. The summed E-state index contributed by atoms with van der Waals surface area (Å²) in [5, 5.41) is 6.68. The molecule has 0 spiro atoms. The highest BCUT2D eigenvalue weighted by Crippen LogP contribution is 2.33. The lowest BCUT2D eigenvalue weighted by molar-refractivity contribution is 0.0946. The van der Waals surface area contributed by atoms with Crippen LogP contribution in [0, 0.1) is 12.7 Å². The number of halogens is 3. The second kappa shape index (κ2) is 8.54. The molecule has 0 atom stereocenters. The Morgan fingerprint density at radius 3 is 2.85 bits per heavy atom. The molecule has 0 unspecified atom stereocenters. The van der Waals surface area contributed by atoms with E-state index in [1.165, 1.54) is 18.2 Å². The second-order valence-corrected chi connectivity index (χ2v) is 6.94. The number of benzene rings is 2. The van der Waals surface area contributed by atoms with Crippen molar-refractivity contribution >= 4 is 33.4 Å². The van der Waals surface area contributed by atoms with E-state index in [9.17, 15) is 9.18 Å². The number of amides is 1. The lowest BCUT2D eigenvalue weighted by Crippen LogP contribution is -2.28. The molecule has 1 heterocycles. The molecular formula is C19H15BrClFN2O3. The minimum Gasteiger partial charge on any atom is -0.492 e. The molecule has 5 nitrogen and oxygen atoms in total. The fourth-order valence-electron chi connectivity index (χ4n) is 2.51. The van der Waals surface area contributed by atoms with Crippen LogP contribution in [0.25, 0.3) is 11.3 Å². The summed E-state index contributed by atoms with van der Waals surface area (Å²) in [6.45, 7) is 2.10. The molecule has 3 rings (SSSR count). The minimum atomic E-state index is -0.581. The lowest BCUT2D eigenvalue weighted by atomic mass is 10.0. The van der Waals surface area contributed by atoms with E-state index in [4.69, 9.17) is 20.9 Å². The van der Waals surface area contributed by atoms with E-state index in [-0.39, 0.29) is 40.8 Å². The topological polar surface area (TPSA) is 64.4 Å². The van der Waals surface area contributed by atoms with Gasteiger partial charge in [0, 0.05) is 4.47 Å². The van der Waals surface area contributed by atoms with Gasteiger partial charge >= 0.3 is 0 Å². The minimum absolute atomic E-state index is 0.0338. The molecule has 140 valence electrons. The average molecular weight is 454 g/mol. The Hall–Kier alpha value is -2.38. The van der Waals surface area contributed by atoms with Gasteiger partial charge in [0.15, 0.2) is 0 Å². The molecule has 3 aromatic rings. The van der Waals surface area contributed by atoms with Crippen molar-refractivity contribution < 1.29 is 18.4 Å². The fraction of sp³-hybridized carbons (Fsp3) is 0.158. The maximum atomic E-state index is 14.2. The van der Waals surface area contributed by atoms with Crippen LogP contribution in [0.2, 0.25) is 5.02 Å². The zero-order chi connectivity index (χ0) is 19.4. The van der Waals surface area contributed by atoms with Gasteiger partial charge in [-0.3, -0.25) is 4.79 Å². The first-order valence-electron chi connectivity index (χ1n) is 8.04. The Labute approximate surface area is 168 Å². The third kappa shape index (κ3) is 4.48. The molecule has 0 aliphatic carbocycles. The van der Waals surface area contributed by atoms with Gasteiger partial charge in [0.25, 0.3) is 5.91 Å². The van der Waals surface area contributed by atoms with Crippen molar-refractivity contribution in [1.29, 1.82) is 0 Å². The standard InChI is InChI=1S/C19H15BrClFN2O3/c1-11-16(18(24-27-11)17-14(21)6-3-7-15(17)22)19(25)23-8-9-26-13-5-2-4-12(20)10-13/h2-7,10H,8-9H2,1H3,(H,23,25). The number of carbonyl (C=O) groups is 1. The summed E-state index contributed by atoms with van der Waals surface area (Å²) in [5.74, 6) is -0.0721. The fourth-order valence-corrected chi connectivity index (χ4v) is 3.14. The largest absolute Gasteiger partial charge is 0.492 e. The van der Waals surface area contributed by atoms with Crippen molar-refractivity contribution in [2.45, 2.75) is 6.92 Å². The normalized spacial score (nSPS) is 10.7. The summed E-state index contributed by atoms with van der Waals surface area (Å²) in [4.78, 5) is 12.6. The van der Waals surface area contributed by atoms with Crippen LogP contribution in [0.4, 0.5) is 4.39 Å². The number of ether oxygens (including phenoxy) is 1. The molecule has 0 saturated heterocycles. The molecule has 0 saturated carbocycles. The number of rotatable bonds is 6. The SMILES string of the molecule is Cc1onc(-c2c(F)cccc2Cl)c1C(=O)NCCOc1cccc(Br)c1. The molecule has 0 fully saturated rings. The number of nitrogens with zero attached hydrogens (tertiary/aromatic N) is 1. The number of hydrogen-bond acceptors (Lipinski definition) is 4. The Balaban J connectivity index is 1.70. The summed E-state index contributed by atoms with van der Waals surface area (Å²) in [6.07, 6.45) is 0. The number of nitrogens with one attached hydrogen (secondary N) is 1. The van der Waals surface area contributed by atoms with Crippen LogP contribution in [-0.4, -0.2) is 24.2 Å². The van der Waals surface area contributed by atoms with Crippen molar-refractivity contribution in [1.82, 2.24) is 10.5 Å². The monoisotopic (exact) mass is 452 g/mol. The average Bonchev–Trinajstić information content (AvgIpc) is 3.00. The van der Waals surface area contributed by atoms with E-state index >= 15 is 0 Å². The Morgan fingerprint density at radius 2 is 2.11 bits per heavy atom. The molecular weight excluding hydrogens is 439 g/mol. The number of carbonyl (C=O) groups excluding carboxylic acids is 1. The van der Waals surface area contributed by atoms with Gasteiger partial charge in [-0.25, -0.2) is 4.39 Å². The quantitative estimate of drug-likeness (QED) is 0.533. The van der Waals surface area contributed by atoms with Gasteiger partial charge in [0.2, 0.25) is 0 Å². The molecule has 1 amide bonds. The Kier molecular flexibility index (Phi) is 6.13. The van der Waals surface area contributed by atoms with Gasteiger partial charge in [-0.2, -0.15) is 0 Å². The third-order valence-corrected chi connectivity index (χ3v) is 4.55. The van der Waals surface area contributed by atoms with Gasteiger partial charge in [0.05, 0.1) is 17.1 Å². The summed E-state index contributed by atoms with van der Waals surface area (Å²) < 4.78 is 25.8. The third-order valence-electron chi connectivity index (χ3n) is 3.74. The molecule has 0 bridgehead atoms. The van der Waals surface area contributed by atoms with Crippen molar-refractivity contribution in [2.24, 2.45) is 0 Å². The zero-order valence-corrected chi connectivity index (χ0v) is 16.6. The van der Waals surface area contributed by atoms with E-state index in [1.807, 2.05) is 24.3 Å². The maximum Gasteiger partial charge on any atom is 0.257 e. The number of hydrogen-bond donors (Lipinski definition) is 1. The first kappa shape index (κ1) is 19.4. The van der Waals surface area contributed by atoms with E-state index in [2.05, 4.69) is 26.4 Å². The van der Waals surface area contributed by atoms with Crippen LogP contribution in [0.3, 0.4) is 0 Å². The van der Waals surface area contributed by atoms with Crippen LogP contribution < -0.4 is 10.1 Å². The summed E-state index contributed by atoms with van der Waals surface area (Å²) in [6, 6.07) is 11.6. The van der Waals surface area contributed by atoms with Crippen LogP contribution in [0.5, 0.6) is 5.75 Å². The molecule has 1 N–H and O–H groups in total. The first-order valence-corrected chi connectivity index (χ1v) is 9.21. The Bertz CT molecular complexity index is 957. The van der Waals surface area contributed by atoms with E-state index in [1.54, 1.807) is 6.92 Å². The van der Waals surface area contributed by atoms with Crippen LogP contribution in [-0.2, 0) is 0 Å². The van der Waals surface area contributed by atoms with Gasteiger partial charge in [-0.15, -0.1) is 0 Å². The zero-order valence-electron chi connectivity index (χ0n) is 14.3. The number of aromatic nitrogens is 1. The molecule has 0 aliphatic rings. The predicted molar refractivity (Wildman–Crippen MR) is 104 cm³/mol. The Morgan fingerprint density at radius 1 is 1.33 bits per heavy atom. The second-order valence-electron chi connectivity index (χ2n) is 5.62. The smallest absolute Gasteiger partial charge is 0.257 e. The molecule has 0 aliphatic heterocycles. The predicted octanol–water partition coefficient (Wildman–Crippen LogP) is 5.01. The lowest BCUT2D eigenvalue weighted by Gasteiger charge is -2.09. The molecule has 1 aromatic heterocycles. The van der Waals surface area contributed by atoms with E-state index < -0.39 is 11.7 Å². The van der Waals surface area contributed by atoms with Gasteiger partial charge < -0.3 is 14.6 Å². The summed E-state index contributed by atoms with van der Waals surface area (Å²) in [7, 11) is 0. The molecule has 8 heteroatoms. The summed E-state index contributed by atoms with van der Waals surface area (Å²) >= 11 is 9.44. The van der Waals surface area contributed by atoms with Gasteiger partial charge in [0.1, 0.15) is 35.2 Å². The van der Waals surface area contributed by atoms with Crippen molar-refractivity contribution in [3.8, 4) is 17.0 Å². The van der Waals surface area contributed by atoms with E-state index in [0.717, 1.165) is 4.47 Å². The van der Waals surface area contributed by atoms with Gasteiger partial charge in [-0.1, -0.05) is 44.8 Å². The first-order chi connectivity index (χ1) is 13.0. The maximum absolute atomic E-state index is 14.2. The van der Waals surface area contributed by atoms with Crippen molar-refractivity contribution in [3.05, 3.63) is 69.1 Å². The van der Waals surface area contributed by atoms with Crippen LogP contribution in [0.1, 0.15) is 16.1 Å². The van der Waals surface area contributed by atoms with Crippen LogP contribution in [0.15, 0.2) is 51.5 Å². The highest BCUT2D eigenvalue weighted by Gasteiger charge is 2.25. The highest BCUT2D eigenvalue weighted by molar-refractivity contribution is 9.10. The summed E-state index contributed by atoms with van der Waals surface area (Å²) in [5.41, 5.74) is 0.247. The molecule has 27 heavy (non-hydrogen) atoms.